The molecule has 156 valence electrons. The number of fused-ring (bicyclic) bond motifs is 1. The van der Waals surface area contributed by atoms with Crippen LogP contribution in [-0.2, 0) is 0 Å². The van der Waals surface area contributed by atoms with Gasteiger partial charge in [-0.05, 0) is 55.0 Å². The highest BCUT2D eigenvalue weighted by Gasteiger charge is 2.14. The molecule has 0 aliphatic carbocycles. The first kappa shape index (κ1) is 19.4. The predicted octanol–water partition coefficient (Wildman–Crippen LogP) is 4.80. The van der Waals surface area contributed by atoms with Gasteiger partial charge in [0.15, 0.2) is 0 Å². The molecule has 0 spiro atoms. The molecule has 1 fully saturated rings. The number of urea groups is 1. The van der Waals surface area contributed by atoms with Crippen molar-refractivity contribution in [3.63, 3.8) is 0 Å². The van der Waals surface area contributed by atoms with Crippen LogP contribution in [0.1, 0.15) is 29.0 Å². The summed E-state index contributed by atoms with van der Waals surface area (Å²) in [5.74, 6) is 0.808. The number of benzene rings is 1. The Morgan fingerprint density at radius 2 is 2.00 bits per heavy atom. The minimum atomic E-state index is -0.198. The Labute approximate surface area is 177 Å². The van der Waals surface area contributed by atoms with Crippen LogP contribution in [0, 0.1) is 0 Å². The topological polar surface area (TPSA) is 82.2 Å². The van der Waals surface area contributed by atoms with Crippen LogP contribution in [0.4, 0.5) is 22.0 Å². The average Bonchev–Trinajstić information content (AvgIpc) is 3.43. The van der Waals surface area contributed by atoms with Gasteiger partial charge >= 0.3 is 6.03 Å². The molecule has 4 rings (SSSR count). The molecule has 1 unspecified atom stereocenters. The number of rotatable bonds is 7. The number of nitrogens with one attached hydrogen (secondary N) is 3. The van der Waals surface area contributed by atoms with Crippen LogP contribution in [0.2, 0.25) is 0 Å². The van der Waals surface area contributed by atoms with Gasteiger partial charge in [0, 0.05) is 39.9 Å². The fourth-order valence-corrected chi connectivity index (χ4v) is 4.33. The molecule has 3 aromatic rings. The van der Waals surface area contributed by atoms with Gasteiger partial charge in [-0.3, -0.25) is 0 Å². The van der Waals surface area contributed by atoms with Crippen LogP contribution in [0.25, 0.3) is 10.2 Å². The summed E-state index contributed by atoms with van der Waals surface area (Å²) >= 11 is 1.61. The third-order valence-electron chi connectivity index (χ3n) is 5.18. The van der Waals surface area contributed by atoms with Gasteiger partial charge < -0.3 is 20.9 Å². The Hall–Kier alpha value is -2.87. The number of anilines is 3. The zero-order valence-corrected chi connectivity index (χ0v) is 17.3. The second kappa shape index (κ2) is 9.09. The van der Waals surface area contributed by atoms with Gasteiger partial charge in [0.1, 0.15) is 12.1 Å². The van der Waals surface area contributed by atoms with Gasteiger partial charge in [0.25, 0.3) is 0 Å². The molecule has 8 heteroatoms. The zero-order valence-electron chi connectivity index (χ0n) is 16.5. The highest BCUT2D eigenvalue weighted by molar-refractivity contribution is 7.17. The fraction of sp³-hybridized carbons (Fsp3) is 0.381. The summed E-state index contributed by atoms with van der Waals surface area (Å²) in [6.07, 6.45) is 4.88. The van der Waals surface area contributed by atoms with Crippen LogP contribution < -0.4 is 20.9 Å². The van der Waals surface area contributed by atoms with Gasteiger partial charge in [-0.15, -0.1) is 11.3 Å². The van der Waals surface area contributed by atoms with Crippen LogP contribution in [0.15, 0.2) is 42.0 Å². The Bertz CT molecular complexity index is 962. The third kappa shape index (κ3) is 4.76. The predicted molar refractivity (Wildman–Crippen MR) is 124 cm³/mol. The maximum atomic E-state index is 12.4. The van der Waals surface area contributed by atoms with E-state index in [-0.39, 0.29) is 14.9 Å². The lowest BCUT2D eigenvalue weighted by molar-refractivity contribution is 0.248. The Balaban J connectivity index is 0.00000171. The van der Waals surface area contributed by atoms with Gasteiger partial charge in [0.2, 0.25) is 0 Å². The van der Waals surface area contributed by atoms with Gasteiger partial charge in [-0.25, -0.2) is 14.8 Å². The van der Waals surface area contributed by atoms with Crippen molar-refractivity contribution in [1.82, 2.24) is 15.3 Å². The Kier molecular flexibility index (Phi) is 6.09. The molecule has 2 amide bonds. The Morgan fingerprint density at radius 3 is 2.76 bits per heavy atom. The number of thiophene rings is 1. The number of hydrogen-bond acceptors (Lipinski definition) is 6. The van der Waals surface area contributed by atoms with Gasteiger partial charge in [-0.1, -0.05) is 6.92 Å². The van der Waals surface area contributed by atoms with Gasteiger partial charge in [-0.2, -0.15) is 0 Å². The van der Waals surface area contributed by atoms with Crippen LogP contribution in [-0.4, -0.2) is 41.7 Å². The average molecular weight is 415 g/mol. The van der Waals surface area contributed by atoms with E-state index >= 15 is 0 Å². The van der Waals surface area contributed by atoms with Gasteiger partial charge in [0.05, 0.1) is 10.2 Å². The summed E-state index contributed by atoms with van der Waals surface area (Å²) in [5, 5.41) is 11.3. The van der Waals surface area contributed by atoms with Crippen LogP contribution in [0.5, 0.6) is 0 Å². The third-order valence-corrected chi connectivity index (χ3v) is 6.09. The first-order chi connectivity index (χ1) is 14.2. The molecule has 0 saturated carbocycles. The SMILES string of the molecule is CCC(CNc1ncnc2ccsc12)NC(=O)Nc1ccc(N2CCCC2)cc1.[HH].[HH]. The first-order valence-electron chi connectivity index (χ1n) is 10.1. The van der Waals surface area contributed by atoms with Crippen molar-refractivity contribution in [3.8, 4) is 0 Å². The molecule has 1 atom stereocenters. The van der Waals surface area contributed by atoms with Crippen LogP contribution in [0.3, 0.4) is 0 Å². The lowest BCUT2D eigenvalue weighted by Gasteiger charge is -2.20. The maximum Gasteiger partial charge on any atom is 0.319 e. The van der Waals surface area contributed by atoms with E-state index in [2.05, 4.69) is 49.9 Å². The van der Waals surface area contributed by atoms with E-state index in [1.165, 1.54) is 18.5 Å². The van der Waals surface area contributed by atoms with Crippen molar-refractivity contribution >= 4 is 44.8 Å². The summed E-state index contributed by atoms with van der Waals surface area (Å²) in [6.45, 7) is 4.88. The first-order valence-corrected chi connectivity index (χ1v) is 11.0. The zero-order chi connectivity index (χ0) is 20.1. The van der Waals surface area contributed by atoms with Crippen molar-refractivity contribution in [3.05, 3.63) is 42.0 Å². The molecule has 1 aliphatic heterocycles. The summed E-state index contributed by atoms with van der Waals surface area (Å²) < 4.78 is 1.03. The smallest absolute Gasteiger partial charge is 0.319 e. The van der Waals surface area contributed by atoms with Crippen LogP contribution >= 0.6 is 11.3 Å². The number of hydrogen-bond donors (Lipinski definition) is 3. The monoisotopic (exact) mass is 414 g/mol. The molecule has 0 bridgehead atoms. The van der Waals surface area contributed by atoms with Crippen molar-refractivity contribution in [1.29, 1.82) is 0 Å². The largest absolute Gasteiger partial charge is 0.372 e. The van der Waals surface area contributed by atoms with Crippen molar-refractivity contribution in [2.24, 2.45) is 0 Å². The van der Waals surface area contributed by atoms with E-state index in [1.807, 2.05) is 23.6 Å². The summed E-state index contributed by atoms with van der Waals surface area (Å²) in [6, 6.07) is 9.83. The molecule has 3 N–H and O–H groups in total. The van der Waals surface area contributed by atoms with E-state index < -0.39 is 0 Å². The maximum absolute atomic E-state index is 12.4. The number of carbonyl (C=O) groups is 1. The molecular formula is C21H30N6OS. The normalized spacial score (nSPS) is 14.7. The number of nitrogens with zero attached hydrogens (tertiary/aromatic N) is 3. The van der Waals surface area contributed by atoms with Crippen molar-refractivity contribution in [2.75, 3.05) is 35.2 Å². The fourth-order valence-electron chi connectivity index (χ4n) is 3.52. The molecule has 7 nitrogen and oxygen atoms in total. The second-order valence-electron chi connectivity index (χ2n) is 7.18. The molecule has 1 saturated heterocycles. The molecule has 29 heavy (non-hydrogen) atoms. The van der Waals surface area contributed by atoms with E-state index in [0.29, 0.717) is 6.54 Å². The number of amides is 2. The molecule has 0 radical (unpaired) electrons. The second-order valence-corrected chi connectivity index (χ2v) is 8.10. The Morgan fingerprint density at radius 1 is 1.21 bits per heavy atom. The van der Waals surface area contributed by atoms with Crippen molar-refractivity contribution in [2.45, 2.75) is 32.2 Å². The molecule has 1 aliphatic rings. The highest BCUT2D eigenvalue weighted by atomic mass is 32.1. The standard InChI is InChI=1S/C21H26N6OS.2H2/c1-2-15(13-22-20-19-18(9-12-29-19)23-14-24-20)25-21(28)26-16-5-7-17(8-6-16)27-10-3-4-11-27;;/h5-9,12,14-15H,2-4,10-11,13H2,1H3,(H,22,23,24)(H2,25,26,28);2*1H. The van der Waals surface area contributed by atoms with E-state index in [1.54, 1.807) is 17.7 Å². The molecule has 2 aromatic heterocycles. The number of carbonyl (C=O) groups excluding carboxylic acids is 1. The van der Waals surface area contributed by atoms with E-state index in [4.69, 9.17) is 0 Å². The summed E-state index contributed by atoms with van der Waals surface area (Å²) in [4.78, 5) is 23.4. The summed E-state index contributed by atoms with van der Waals surface area (Å²) in [7, 11) is 0. The molecular weight excluding hydrogens is 384 g/mol. The lowest BCUT2D eigenvalue weighted by atomic mass is 10.2. The lowest BCUT2D eigenvalue weighted by Crippen LogP contribution is -2.41. The minimum absolute atomic E-state index is 0. The van der Waals surface area contributed by atoms with E-state index in [0.717, 1.165) is 41.2 Å². The summed E-state index contributed by atoms with van der Waals surface area (Å²) in [5.41, 5.74) is 2.95. The number of aromatic nitrogens is 2. The quantitative estimate of drug-likeness (QED) is 0.517. The molecule has 3 heterocycles. The highest BCUT2D eigenvalue weighted by Crippen LogP contribution is 2.25. The van der Waals surface area contributed by atoms with E-state index in [9.17, 15) is 4.79 Å². The molecule has 1 aromatic carbocycles. The van der Waals surface area contributed by atoms with Crippen molar-refractivity contribution < 1.29 is 7.65 Å². The minimum Gasteiger partial charge on any atom is -0.372 e.